The summed E-state index contributed by atoms with van der Waals surface area (Å²) in [7, 11) is 0. The van der Waals surface area contributed by atoms with Crippen LogP contribution in [0.3, 0.4) is 0 Å². The molecule has 3 aromatic carbocycles. The third-order valence-corrected chi connectivity index (χ3v) is 6.92. The molecular weight excluding hydrogens is 538 g/mol. The van der Waals surface area contributed by atoms with Crippen LogP contribution in [0.4, 0.5) is 5.69 Å². The van der Waals surface area contributed by atoms with Gasteiger partial charge in [0.05, 0.1) is 18.0 Å². The quantitative estimate of drug-likeness (QED) is 0.262. The minimum atomic E-state index is -0.969. The van der Waals surface area contributed by atoms with Gasteiger partial charge in [-0.15, -0.1) is 0 Å². The number of ketones is 1. The van der Waals surface area contributed by atoms with Crippen molar-refractivity contribution in [3.63, 3.8) is 0 Å². The Hall–Kier alpha value is -4.17. The van der Waals surface area contributed by atoms with E-state index in [2.05, 4.69) is 15.9 Å². The minimum absolute atomic E-state index is 0.0104. The Balaban J connectivity index is 1.60. The maximum absolute atomic E-state index is 13.7. The number of carboxylic acid groups (broad SMARTS) is 1. The highest BCUT2D eigenvalue weighted by Gasteiger charge is 2.45. The molecule has 0 radical (unpaired) electrons. The number of aliphatic hydroxyl groups is 1. The Labute approximate surface area is 220 Å². The van der Waals surface area contributed by atoms with Gasteiger partial charge < -0.3 is 14.6 Å². The number of fused-ring (bicyclic) bond motifs is 1. The predicted octanol–water partition coefficient (Wildman–Crippen LogP) is 6.17. The molecule has 0 spiro atoms. The molecule has 8 heteroatoms. The van der Waals surface area contributed by atoms with E-state index in [0.717, 1.165) is 16.5 Å². The third kappa shape index (κ3) is 4.56. The zero-order valence-electron chi connectivity index (χ0n) is 19.8. The molecule has 2 N–H and O–H groups in total. The highest BCUT2D eigenvalue weighted by Crippen LogP contribution is 2.42. The summed E-state index contributed by atoms with van der Waals surface area (Å²) in [6.07, 6.45) is 0.658. The fourth-order valence-electron chi connectivity index (χ4n) is 4.56. The van der Waals surface area contributed by atoms with Crippen LogP contribution >= 0.6 is 15.9 Å². The van der Waals surface area contributed by atoms with Gasteiger partial charge in [0.2, 0.25) is 5.78 Å². The number of aliphatic hydroxyl groups excluding tert-OH is 1. The van der Waals surface area contributed by atoms with Crippen LogP contribution in [0.5, 0.6) is 0 Å². The zero-order chi connectivity index (χ0) is 26.3. The van der Waals surface area contributed by atoms with Gasteiger partial charge in [0.25, 0.3) is 5.91 Å². The number of rotatable bonds is 7. The fourth-order valence-corrected chi connectivity index (χ4v) is 4.94. The Morgan fingerprint density at radius 2 is 1.65 bits per heavy atom. The normalized spacial score (nSPS) is 15.6. The lowest BCUT2D eigenvalue weighted by molar-refractivity contribution is -0.136. The van der Waals surface area contributed by atoms with Gasteiger partial charge in [0, 0.05) is 15.5 Å². The van der Waals surface area contributed by atoms with Gasteiger partial charge in [-0.25, -0.2) is 0 Å². The first-order valence-corrected chi connectivity index (χ1v) is 12.5. The molecule has 1 amide bonds. The number of carbonyl (C=O) groups excluding carboxylic acids is 2. The Bertz CT molecular complexity index is 1570. The van der Waals surface area contributed by atoms with Crippen LogP contribution in [-0.2, 0) is 22.4 Å². The number of nitrogens with zero attached hydrogens (tertiary/aromatic N) is 1. The monoisotopic (exact) mass is 559 g/mol. The van der Waals surface area contributed by atoms with E-state index in [1.54, 1.807) is 42.5 Å². The maximum Gasteiger partial charge on any atom is 0.307 e. The Kier molecular flexibility index (Phi) is 6.43. The number of aliphatic carboxylic acids is 1. The molecule has 2 heterocycles. The second kappa shape index (κ2) is 9.71. The van der Waals surface area contributed by atoms with Gasteiger partial charge >= 0.3 is 5.97 Å². The molecule has 1 unspecified atom stereocenters. The highest BCUT2D eigenvalue weighted by molar-refractivity contribution is 9.10. The van der Waals surface area contributed by atoms with Crippen molar-refractivity contribution in [1.29, 1.82) is 0 Å². The molecule has 0 fully saturated rings. The average Bonchev–Trinajstić information content (AvgIpc) is 3.42. The lowest BCUT2D eigenvalue weighted by atomic mass is 9.93. The largest absolute Gasteiger partial charge is 0.503 e. The summed E-state index contributed by atoms with van der Waals surface area (Å²) in [5, 5.41) is 20.8. The number of anilines is 1. The minimum Gasteiger partial charge on any atom is -0.503 e. The van der Waals surface area contributed by atoms with E-state index >= 15 is 0 Å². The van der Waals surface area contributed by atoms with E-state index in [-0.39, 0.29) is 17.8 Å². The van der Waals surface area contributed by atoms with Crippen LogP contribution in [0, 0.1) is 0 Å². The van der Waals surface area contributed by atoms with Crippen molar-refractivity contribution >= 4 is 50.2 Å². The molecule has 1 aromatic heterocycles. The first kappa shape index (κ1) is 24.5. The fraction of sp³-hybridized carbons (Fsp3) is 0.138. The number of hydrogen-bond donors (Lipinski definition) is 2. The molecule has 5 rings (SSSR count). The standard InChI is InChI=1S/C29H22BrNO6/c1-2-16-3-7-18(8-4-16)26-25(27(34)23-15-19-14-20(30)9-12-22(19)37-23)28(35)29(36)31(26)21-10-5-17(6-11-21)13-24(32)33/h3-12,14-15,26,35H,2,13H2,1H3,(H,32,33). The van der Waals surface area contributed by atoms with Crippen molar-refractivity contribution in [3.05, 3.63) is 111 Å². The van der Waals surface area contributed by atoms with Crippen LogP contribution in [0.15, 0.2) is 93.0 Å². The first-order chi connectivity index (χ1) is 17.8. The molecule has 0 saturated carbocycles. The Morgan fingerprint density at radius 1 is 0.973 bits per heavy atom. The van der Waals surface area contributed by atoms with Crippen LogP contribution in [0.25, 0.3) is 11.0 Å². The molecule has 1 atom stereocenters. The molecule has 7 nitrogen and oxygen atoms in total. The summed E-state index contributed by atoms with van der Waals surface area (Å²) in [6, 6.07) is 20.0. The molecule has 0 aliphatic carbocycles. The number of halogens is 1. The van der Waals surface area contributed by atoms with Crippen LogP contribution in [-0.4, -0.2) is 27.9 Å². The van der Waals surface area contributed by atoms with Gasteiger partial charge in [-0.3, -0.25) is 19.3 Å². The summed E-state index contributed by atoms with van der Waals surface area (Å²) in [6.45, 7) is 2.03. The van der Waals surface area contributed by atoms with Crippen molar-refractivity contribution in [2.45, 2.75) is 25.8 Å². The lowest BCUT2D eigenvalue weighted by Gasteiger charge is -2.27. The van der Waals surface area contributed by atoms with Gasteiger partial charge in [0.15, 0.2) is 11.5 Å². The smallest absolute Gasteiger partial charge is 0.307 e. The van der Waals surface area contributed by atoms with E-state index < -0.39 is 29.5 Å². The van der Waals surface area contributed by atoms with Crippen LogP contribution < -0.4 is 4.90 Å². The van der Waals surface area contributed by atoms with E-state index in [4.69, 9.17) is 9.52 Å². The van der Waals surface area contributed by atoms with Crippen molar-refractivity contribution in [3.8, 4) is 0 Å². The van der Waals surface area contributed by atoms with Gasteiger partial charge in [-0.05, 0) is 59.5 Å². The van der Waals surface area contributed by atoms with Crippen LogP contribution in [0.1, 0.15) is 40.2 Å². The number of aryl methyl sites for hydroxylation is 1. The maximum atomic E-state index is 13.7. The molecule has 37 heavy (non-hydrogen) atoms. The second-order valence-electron chi connectivity index (χ2n) is 8.79. The van der Waals surface area contributed by atoms with Gasteiger partial charge in [0.1, 0.15) is 5.58 Å². The van der Waals surface area contributed by atoms with Crippen molar-refractivity contribution in [2.75, 3.05) is 4.90 Å². The zero-order valence-corrected chi connectivity index (χ0v) is 21.4. The van der Waals surface area contributed by atoms with E-state index in [1.807, 2.05) is 37.3 Å². The molecule has 0 bridgehead atoms. The van der Waals surface area contributed by atoms with Crippen molar-refractivity contribution in [1.82, 2.24) is 0 Å². The third-order valence-electron chi connectivity index (χ3n) is 6.43. The number of furan rings is 1. The number of carbonyl (C=O) groups is 3. The number of amides is 1. The SMILES string of the molecule is CCc1ccc(C2C(C(=O)c3cc4cc(Br)ccc4o3)=C(O)C(=O)N2c2ccc(CC(=O)O)cc2)cc1. The molecule has 0 saturated heterocycles. The van der Waals surface area contributed by atoms with E-state index in [1.165, 1.54) is 4.90 Å². The second-order valence-corrected chi connectivity index (χ2v) is 9.71. The summed E-state index contributed by atoms with van der Waals surface area (Å²) in [4.78, 5) is 39.6. The molecule has 1 aliphatic heterocycles. The summed E-state index contributed by atoms with van der Waals surface area (Å²) >= 11 is 3.41. The highest BCUT2D eigenvalue weighted by atomic mass is 79.9. The number of carboxylic acids is 1. The summed E-state index contributed by atoms with van der Waals surface area (Å²) in [5.74, 6) is -2.92. The van der Waals surface area contributed by atoms with Crippen molar-refractivity contribution < 1.29 is 29.0 Å². The van der Waals surface area contributed by atoms with E-state index in [9.17, 15) is 19.5 Å². The predicted molar refractivity (Wildman–Crippen MR) is 142 cm³/mol. The van der Waals surface area contributed by atoms with Crippen molar-refractivity contribution in [2.24, 2.45) is 0 Å². The van der Waals surface area contributed by atoms with Gasteiger partial charge in [-0.2, -0.15) is 0 Å². The molecule has 4 aromatic rings. The van der Waals surface area contributed by atoms with E-state index in [0.29, 0.717) is 27.8 Å². The molecular formula is C29H22BrNO6. The number of benzene rings is 3. The number of Topliss-reactive ketones (excluding diaryl/α,β-unsaturated/α-hetero) is 1. The summed E-state index contributed by atoms with van der Waals surface area (Å²) < 4.78 is 6.62. The number of hydrogen-bond acceptors (Lipinski definition) is 5. The molecule has 186 valence electrons. The first-order valence-electron chi connectivity index (χ1n) is 11.7. The average molecular weight is 560 g/mol. The summed E-state index contributed by atoms with van der Waals surface area (Å²) in [5.41, 5.74) is 3.14. The topological polar surface area (TPSA) is 108 Å². The Morgan fingerprint density at radius 3 is 2.30 bits per heavy atom. The molecule has 1 aliphatic rings. The lowest BCUT2D eigenvalue weighted by Crippen LogP contribution is -2.31. The van der Waals surface area contributed by atoms with Crippen LogP contribution in [0.2, 0.25) is 0 Å². The van der Waals surface area contributed by atoms with Gasteiger partial charge in [-0.1, -0.05) is 59.3 Å².